The van der Waals surface area contributed by atoms with Gasteiger partial charge in [0.25, 0.3) is 0 Å². The summed E-state index contributed by atoms with van der Waals surface area (Å²) in [6, 6.07) is 8.47. The Kier molecular flexibility index (Phi) is 4.27. The van der Waals surface area contributed by atoms with Gasteiger partial charge in [0.1, 0.15) is 6.10 Å². The number of carbonyl (C=O) groups excluding carboxylic acids is 1. The van der Waals surface area contributed by atoms with Crippen molar-refractivity contribution in [3.63, 3.8) is 0 Å². The van der Waals surface area contributed by atoms with Crippen molar-refractivity contribution in [2.24, 2.45) is 0 Å². The second-order valence-electron chi connectivity index (χ2n) is 4.72. The molecule has 2 rings (SSSR count). The third kappa shape index (κ3) is 2.98. The molecule has 0 amide bonds. The van der Waals surface area contributed by atoms with Gasteiger partial charge in [-0.2, -0.15) is 0 Å². The first-order chi connectivity index (χ1) is 9.13. The maximum absolute atomic E-state index is 12.0. The molecule has 5 heteroatoms. The Balaban J connectivity index is 2.23. The molecular formula is C14H17NO4. The van der Waals surface area contributed by atoms with Gasteiger partial charge in [0, 0.05) is 24.4 Å². The minimum atomic E-state index is -0.753. The molecule has 5 nitrogen and oxygen atoms in total. The van der Waals surface area contributed by atoms with Crippen molar-refractivity contribution >= 4 is 5.78 Å². The predicted molar refractivity (Wildman–Crippen MR) is 69.6 cm³/mol. The second-order valence-corrected chi connectivity index (χ2v) is 4.72. The normalized spacial score (nSPS) is 27.2. The lowest BCUT2D eigenvalue weighted by Gasteiger charge is -2.30. The van der Waals surface area contributed by atoms with Gasteiger partial charge in [-0.05, 0) is 12.5 Å². The third-order valence-corrected chi connectivity index (χ3v) is 3.57. The van der Waals surface area contributed by atoms with Crippen LogP contribution in [-0.4, -0.2) is 29.5 Å². The monoisotopic (exact) mass is 263 g/mol. The molecule has 0 saturated heterocycles. The highest BCUT2D eigenvalue weighted by Gasteiger charge is 2.43. The molecule has 3 atom stereocenters. The molecular weight excluding hydrogens is 246 g/mol. The summed E-state index contributed by atoms with van der Waals surface area (Å²) in [5.74, 6) is -0.380. The molecule has 1 saturated carbocycles. The van der Waals surface area contributed by atoms with Crippen LogP contribution >= 0.6 is 0 Å². The van der Waals surface area contributed by atoms with Crippen molar-refractivity contribution in [2.45, 2.75) is 37.8 Å². The van der Waals surface area contributed by atoms with Gasteiger partial charge in [0.15, 0.2) is 5.78 Å². The molecule has 1 fully saturated rings. The van der Waals surface area contributed by atoms with Gasteiger partial charge in [-0.1, -0.05) is 30.3 Å². The summed E-state index contributed by atoms with van der Waals surface area (Å²) in [6.07, 6.45) is -0.278. The Morgan fingerprint density at radius 3 is 2.63 bits per heavy atom. The van der Waals surface area contributed by atoms with Gasteiger partial charge in [0.05, 0.1) is 5.92 Å². The highest BCUT2D eigenvalue weighted by atomic mass is 16.6. The van der Waals surface area contributed by atoms with E-state index in [0.29, 0.717) is 6.61 Å². The van der Waals surface area contributed by atoms with Crippen LogP contribution < -0.4 is 0 Å². The van der Waals surface area contributed by atoms with E-state index < -0.39 is 12.1 Å². The SMILES string of the molecule is CCO[C@H]1C[C@H]([N+](=O)[O-])[C@@H](c2ccccc2)CC1=O. The van der Waals surface area contributed by atoms with Gasteiger partial charge in [0.2, 0.25) is 6.04 Å². The summed E-state index contributed by atoms with van der Waals surface area (Å²) in [5, 5.41) is 11.2. The minimum absolute atomic E-state index is 0.0335. The number of nitrogens with zero attached hydrogens (tertiary/aromatic N) is 1. The van der Waals surface area contributed by atoms with E-state index in [2.05, 4.69) is 0 Å². The number of carbonyl (C=O) groups is 1. The van der Waals surface area contributed by atoms with Crippen LogP contribution in [0.5, 0.6) is 0 Å². The average Bonchev–Trinajstić information content (AvgIpc) is 2.41. The van der Waals surface area contributed by atoms with Crippen LogP contribution in [0.1, 0.15) is 31.2 Å². The lowest BCUT2D eigenvalue weighted by molar-refractivity contribution is -0.530. The zero-order chi connectivity index (χ0) is 13.8. The van der Waals surface area contributed by atoms with Crippen molar-refractivity contribution in [1.82, 2.24) is 0 Å². The Morgan fingerprint density at radius 2 is 2.05 bits per heavy atom. The number of ether oxygens (including phenoxy) is 1. The number of ketones is 1. The van der Waals surface area contributed by atoms with Crippen LogP contribution in [0, 0.1) is 10.1 Å². The summed E-state index contributed by atoms with van der Waals surface area (Å²) in [7, 11) is 0. The van der Waals surface area contributed by atoms with Crippen LogP contribution in [-0.2, 0) is 9.53 Å². The fourth-order valence-corrected chi connectivity index (χ4v) is 2.63. The number of hydrogen-bond acceptors (Lipinski definition) is 4. The largest absolute Gasteiger partial charge is 0.370 e. The molecule has 0 N–H and O–H groups in total. The molecule has 1 aliphatic rings. The quantitative estimate of drug-likeness (QED) is 0.616. The number of Topliss-reactive ketones (excluding diaryl/α,β-unsaturated/α-hetero) is 1. The fourth-order valence-electron chi connectivity index (χ4n) is 2.63. The molecule has 19 heavy (non-hydrogen) atoms. The third-order valence-electron chi connectivity index (χ3n) is 3.57. The fraction of sp³-hybridized carbons (Fsp3) is 0.500. The van der Waals surface area contributed by atoms with Gasteiger partial charge in [-0.25, -0.2) is 0 Å². The molecule has 1 aliphatic carbocycles. The van der Waals surface area contributed by atoms with Crippen molar-refractivity contribution in [1.29, 1.82) is 0 Å². The van der Waals surface area contributed by atoms with Crippen molar-refractivity contribution < 1.29 is 14.5 Å². The number of hydrogen-bond donors (Lipinski definition) is 0. The van der Waals surface area contributed by atoms with Gasteiger partial charge < -0.3 is 4.74 Å². The molecule has 0 bridgehead atoms. The predicted octanol–water partition coefficient (Wildman–Crippen LogP) is 2.18. The first-order valence-electron chi connectivity index (χ1n) is 6.46. The summed E-state index contributed by atoms with van der Waals surface area (Å²) < 4.78 is 5.31. The van der Waals surface area contributed by atoms with E-state index in [4.69, 9.17) is 4.74 Å². The van der Waals surface area contributed by atoms with Crippen molar-refractivity contribution in [3.8, 4) is 0 Å². The Morgan fingerprint density at radius 1 is 1.37 bits per heavy atom. The van der Waals surface area contributed by atoms with E-state index in [1.54, 1.807) is 6.92 Å². The van der Waals surface area contributed by atoms with Crippen molar-refractivity contribution in [2.75, 3.05) is 6.61 Å². The van der Waals surface area contributed by atoms with E-state index >= 15 is 0 Å². The van der Waals surface area contributed by atoms with E-state index in [-0.39, 0.29) is 29.5 Å². The first kappa shape index (κ1) is 13.7. The zero-order valence-electron chi connectivity index (χ0n) is 10.8. The molecule has 0 aromatic heterocycles. The van der Waals surface area contributed by atoms with E-state index in [9.17, 15) is 14.9 Å². The summed E-state index contributed by atoms with van der Waals surface area (Å²) >= 11 is 0. The van der Waals surface area contributed by atoms with Crippen LogP contribution in [0.4, 0.5) is 0 Å². The molecule has 0 radical (unpaired) electrons. The molecule has 0 aliphatic heterocycles. The highest BCUT2D eigenvalue weighted by molar-refractivity contribution is 5.85. The van der Waals surface area contributed by atoms with Crippen LogP contribution in [0.2, 0.25) is 0 Å². The number of nitro groups is 1. The van der Waals surface area contributed by atoms with E-state index in [0.717, 1.165) is 5.56 Å². The Labute approximate surface area is 111 Å². The highest BCUT2D eigenvalue weighted by Crippen LogP contribution is 2.34. The topological polar surface area (TPSA) is 69.4 Å². The Bertz CT molecular complexity index is 460. The average molecular weight is 263 g/mol. The lowest BCUT2D eigenvalue weighted by Crippen LogP contribution is -2.43. The van der Waals surface area contributed by atoms with Gasteiger partial charge in [-0.15, -0.1) is 0 Å². The van der Waals surface area contributed by atoms with Gasteiger partial charge in [-0.3, -0.25) is 14.9 Å². The van der Waals surface area contributed by atoms with Crippen LogP contribution in [0.15, 0.2) is 30.3 Å². The molecule has 1 aromatic carbocycles. The molecule has 0 heterocycles. The molecule has 102 valence electrons. The zero-order valence-corrected chi connectivity index (χ0v) is 10.8. The minimum Gasteiger partial charge on any atom is -0.370 e. The molecule has 0 unspecified atom stereocenters. The maximum Gasteiger partial charge on any atom is 0.223 e. The summed E-state index contributed by atoms with van der Waals surface area (Å²) in [4.78, 5) is 22.9. The number of rotatable bonds is 4. The number of benzene rings is 1. The van der Waals surface area contributed by atoms with Crippen LogP contribution in [0.25, 0.3) is 0 Å². The maximum atomic E-state index is 12.0. The molecule has 0 spiro atoms. The Hall–Kier alpha value is -1.75. The first-order valence-corrected chi connectivity index (χ1v) is 6.46. The van der Waals surface area contributed by atoms with Gasteiger partial charge >= 0.3 is 0 Å². The van der Waals surface area contributed by atoms with Crippen LogP contribution in [0.3, 0.4) is 0 Å². The summed E-state index contributed by atoms with van der Waals surface area (Å²) in [5.41, 5.74) is 0.854. The van der Waals surface area contributed by atoms with E-state index in [1.807, 2.05) is 30.3 Å². The lowest BCUT2D eigenvalue weighted by atomic mass is 9.78. The summed E-state index contributed by atoms with van der Waals surface area (Å²) in [6.45, 7) is 2.19. The standard InChI is InChI=1S/C14H17NO4/c1-2-19-14-9-12(15(17)18)11(8-13(14)16)10-6-4-3-5-7-10/h3-7,11-12,14H,2,8-9H2,1H3/t11-,12+,14+/m1/s1. The van der Waals surface area contributed by atoms with Crippen molar-refractivity contribution in [3.05, 3.63) is 46.0 Å². The van der Waals surface area contributed by atoms with E-state index in [1.165, 1.54) is 0 Å². The smallest absolute Gasteiger partial charge is 0.223 e. The second kappa shape index (κ2) is 5.93. The molecule has 1 aromatic rings.